The molecule has 1 aromatic rings. The summed E-state index contributed by atoms with van der Waals surface area (Å²) in [7, 11) is 0. The molecule has 1 saturated carbocycles. The highest BCUT2D eigenvalue weighted by molar-refractivity contribution is 7.13. The maximum Gasteiger partial charge on any atom is 0.261 e. The molecule has 0 aromatic carbocycles. The number of aliphatic hydroxyl groups excluding tert-OH is 1. The monoisotopic (exact) mass is 282 g/mol. The van der Waals surface area contributed by atoms with Crippen LogP contribution in [0.25, 0.3) is 0 Å². The number of amides is 2. The summed E-state index contributed by atoms with van der Waals surface area (Å²) in [5, 5.41) is 14.5. The Morgan fingerprint density at radius 3 is 2.68 bits per heavy atom. The summed E-state index contributed by atoms with van der Waals surface area (Å²) in [6.45, 7) is 2.50. The molecule has 1 aliphatic rings. The van der Waals surface area contributed by atoms with E-state index in [0.29, 0.717) is 17.3 Å². The number of aliphatic hydroxyl groups is 1. The van der Waals surface area contributed by atoms with E-state index in [9.17, 15) is 9.59 Å². The van der Waals surface area contributed by atoms with Crippen molar-refractivity contribution >= 4 is 23.2 Å². The normalized spacial score (nSPS) is 21.6. The zero-order valence-electron chi connectivity index (χ0n) is 10.8. The molecule has 1 aromatic heterocycles. The summed E-state index contributed by atoms with van der Waals surface area (Å²) in [4.78, 5) is 24.9. The molecule has 0 bridgehead atoms. The van der Waals surface area contributed by atoms with Crippen molar-refractivity contribution in [1.29, 1.82) is 0 Å². The molecule has 0 atom stereocenters. The van der Waals surface area contributed by atoms with E-state index in [4.69, 9.17) is 5.11 Å². The van der Waals surface area contributed by atoms with E-state index >= 15 is 0 Å². The molecule has 3 N–H and O–H groups in total. The smallest absolute Gasteiger partial charge is 0.261 e. The summed E-state index contributed by atoms with van der Waals surface area (Å²) in [5.74, 6) is -0.0371. The fourth-order valence-electron chi connectivity index (χ4n) is 1.99. The van der Waals surface area contributed by atoms with Crippen molar-refractivity contribution < 1.29 is 14.7 Å². The molecule has 0 radical (unpaired) electrons. The van der Waals surface area contributed by atoms with Crippen LogP contribution in [0.5, 0.6) is 0 Å². The fourth-order valence-corrected chi connectivity index (χ4v) is 2.78. The number of hydrogen-bond donors (Lipinski definition) is 3. The fraction of sp³-hybridized carbons (Fsp3) is 0.538. The number of carbonyl (C=O) groups excluding carboxylic acids is 2. The van der Waals surface area contributed by atoms with Crippen LogP contribution in [0.2, 0.25) is 0 Å². The van der Waals surface area contributed by atoms with Crippen molar-refractivity contribution in [3.05, 3.63) is 21.9 Å². The Bertz CT molecular complexity index is 466. The standard InChI is InChI=1S/C13H18N2O3S/c1-8-2-3-11(19-8)13(18)15-7-12(17)14-6-9-4-10(16)5-9/h2-3,9-10,16H,4-7H2,1H3,(H,14,17)(H,15,18). The summed E-state index contributed by atoms with van der Waals surface area (Å²) >= 11 is 1.41. The van der Waals surface area contributed by atoms with Gasteiger partial charge in [-0.05, 0) is 37.8 Å². The van der Waals surface area contributed by atoms with Crippen LogP contribution in [0.15, 0.2) is 12.1 Å². The van der Waals surface area contributed by atoms with E-state index in [1.165, 1.54) is 11.3 Å². The van der Waals surface area contributed by atoms with Crippen LogP contribution in [-0.2, 0) is 4.79 Å². The number of hydrogen-bond acceptors (Lipinski definition) is 4. The molecule has 6 heteroatoms. The molecule has 1 fully saturated rings. The van der Waals surface area contributed by atoms with Crippen molar-refractivity contribution in [2.24, 2.45) is 5.92 Å². The summed E-state index contributed by atoms with van der Waals surface area (Å²) in [5.41, 5.74) is 0. The van der Waals surface area contributed by atoms with Crippen LogP contribution in [0, 0.1) is 12.8 Å². The van der Waals surface area contributed by atoms with Crippen LogP contribution in [0.4, 0.5) is 0 Å². The lowest BCUT2D eigenvalue weighted by molar-refractivity contribution is -0.120. The molecule has 19 heavy (non-hydrogen) atoms. The van der Waals surface area contributed by atoms with Gasteiger partial charge in [-0.15, -0.1) is 11.3 Å². The third-order valence-electron chi connectivity index (χ3n) is 3.17. The van der Waals surface area contributed by atoms with Gasteiger partial charge < -0.3 is 15.7 Å². The van der Waals surface area contributed by atoms with Gasteiger partial charge in [0.05, 0.1) is 17.5 Å². The van der Waals surface area contributed by atoms with Crippen molar-refractivity contribution in [1.82, 2.24) is 10.6 Å². The lowest BCUT2D eigenvalue weighted by Crippen LogP contribution is -2.42. The predicted octanol–water partition coefficient (Wildman–Crippen LogP) is 0.673. The van der Waals surface area contributed by atoms with Crippen molar-refractivity contribution in [3.8, 4) is 0 Å². The average molecular weight is 282 g/mol. The SMILES string of the molecule is Cc1ccc(C(=O)NCC(=O)NCC2CC(O)C2)s1. The third-order valence-corrected chi connectivity index (χ3v) is 4.17. The lowest BCUT2D eigenvalue weighted by Gasteiger charge is -2.31. The number of aryl methyl sites for hydroxylation is 1. The van der Waals surface area contributed by atoms with Gasteiger partial charge in [0, 0.05) is 11.4 Å². The first-order valence-electron chi connectivity index (χ1n) is 6.34. The second-order valence-corrected chi connectivity index (χ2v) is 6.18. The van der Waals surface area contributed by atoms with Gasteiger partial charge in [-0.2, -0.15) is 0 Å². The van der Waals surface area contributed by atoms with Gasteiger partial charge in [-0.3, -0.25) is 9.59 Å². The lowest BCUT2D eigenvalue weighted by atomic mass is 9.82. The third kappa shape index (κ3) is 4.04. The number of thiophene rings is 1. The minimum Gasteiger partial charge on any atom is -0.393 e. The highest BCUT2D eigenvalue weighted by Crippen LogP contribution is 2.25. The van der Waals surface area contributed by atoms with E-state index in [1.807, 2.05) is 13.0 Å². The molecule has 2 rings (SSSR count). The zero-order valence-corrected chi connectivity index (χ0v) is 11.6. The van der Waals surface area contributed by atoms with E-state index in [2.05, 4.69) is 10.6 Å². The average Bonchev–Trinajstić information content (AvgIpc) is 2.77. The summed E-state index contributed by atoms with van der Waals surface area (Å²) in [6.07, 6.45) is 1.30. The number of rotatable bonds is 5. The maximum absolute atomic E-state index is 11.7. The molecular weight excluding hydrogens is 264 g/mol. The van der Waals surface area contributed by atoms with Crippen molar-refractivity contribution in [3.63, 3.8) is 0 Å². The minimum absolute atomic E-state index is 0.00887. The zero-order chi connectivity index (χ0) is 13.8. The Balaban J connectivity index is 1.64. The van der Waals surface area contributed by atoms with E-state index in [-0.39, 0.29) is 24.5 Å². The number of carbonyl (C=O) groups is 2. The largest absolute Gasteiger partial charge is 0.393 e. The van der Waals surface area contributed by atoms with Gasteiger partial charge in [-0.25, -0.2) is 0 Å². The van der Waals surface area contributed by atoms with Crippen molar-refractivity contribution in [2.75, 3.05) is 13.1 Å². The van der Waals surface area contributed by atoms with Crippen LogP contribution in [0.1, 0.15) is 27.4 Å². The molecule has 2 amide bonds. The van der Waals surface area contributed by atoms with E-state index < -0.39 is 0 Å². The first-order chi connectivity index (χ1) is 9.04. The Kier molecular flexibility index (Phi) is 4.55. The van der Waals surface area contributed by atoms with Gasteiger partial charge >= 0.3 is 0 Å². The van der Waals surface area contributed by atoms with E-state index in [0.717, 1.165) is 17.7 Å². The van der Waals surface area contributed by atoms with Crippen LogP contribution in [-0.4, -0.2) is 36.1 Å². The molecule has 0 aliphatic heterocycles. The van der Waals surface area contributed by atoms with Gasteiger partial charge in [0.25, 0.3) is 5.91 Å². The molecule has 104 valence electrons. The van der Waals surface area contributed by atoms with Crippen LogP contribution < -0.4 is 10.6 Å². The van der Waals surface area contributed by atoms with Crippen LogP contribution in [0.3, 0.4) is 0 Å². The Hall–Kier alpha value is -1.40. The van der Waals surface area contributed by atoms with Gasteiger partial charge in [0.2, 0.25) is 5.91 Å². The summed E-state index contributed by atoms with van der Waals surface area (Å²) < 4.78 is 0. The van der Waals surface area contributed by atoms with Gasteiger partial charge in [0.15, 0.2) is 0 Å². The second-order valence-electron chi connectivity index (χ2n) is 4.89. The van der Waals surface area contributed by atoms with Crippen molar-refractivity contribution in [2.45, 2.75) is 25.9 Å². The first-order valence-corrected chi connectivity index (χ1v) is 7.15. The molecule has 0 saturated heterocycles. The van der Waals surface area contributed by atoms with Crippen LogP contribution >= 0.6 is 11.3 Å². The molecule has 1 aliphatic carbocycles. The molecule has 1 heterocycles. The molecule has 0 spiro atoms. The number of nitrogens with one attached hydrogen (secondary N) is 2. The Morgan fingerprint density at radius 1 is 1.37 bits per heavy atom. The van der Waals surface area contributed by atoms with Gasteiger partial charge in [-0.1, -0.05) is 0 Å². The van der Waals surface area contributed by atoms with Gasteiger partial charge in [0.1, 0.15) is 0 Å². The highest BCUT2D eigenvalue weighted by Gasteiger charge is 2.27. The topological polar surface area (TPSA) is 78.4 Å². The minimum atomic E-state index is -0.215. The maximum atomic E-state index is 11.7. The molecule has 5 nitrogen and oxygen atoms in total. The Morgan fingerprint density at radius 2 is 2.11 bits per heavy atom. The van der Waals surface area contributed by atoms with E-state index in [1.54, 1.807) is 6.07 Å². The second kappa shape index (κ2) is 6.16. The predicted molar refractivity (Wildman–Crippen MR) is 73.1 cm³/mol. The molecular formula is C13H18N2O3S. The highest BCUT2D eigenvalue weighted by atomic mass is 32.1. The summed E-state index contributed by atoms with van der Waals surface area (Å²) in [6, 6.07) is 3.63. The first kappa shape index (κ1) is 14.0. The quantitative estimate of drug-likeness (QED) is 0.743. The molecule has 0 unspecified atom stereocenters. The Labute approximate surface area is 116 Å².